The van der Waals surface area contributed by atoms with Crippen molar-refractivity contribution in [3.05, 3.63) is 29.8 Å². The van der Waals surface area contributed by atoms with E-state index in [4.69, 9.17) is 5.21 Å². The molecule has 0 radical (unpaired) electrons. The number of carbonyl (C=O) groups is 1. The lowest BCUT2D eigenvalue weighted by Gasteiger charge is -2.30. The molecule has 4 nitrogen and oxygen atoms in total. The third-order valence-corrected chi connectivity index (χ3v) is 3.89. The summed E-state index contributed by atoms with van der Waals surface area (Å²) in [4.78, 5) is 14.2. The van der Waals surface area contributed by atoms with E-state index < -0.39 is 0 Å². The zero-order valence-electron chi connectivity index (χ0n) is 10.3. The average Bonchev–Trinajstić information content (AvgIpc) is 3.14. The van der Waals surface area contributed by atoms with E-state index in [2.05, 4.69) is 12.1 Å². The number of anilines is 1. The van der Waals surface area contributed by atoms with Gasteiger partial charge in [0.1, 0.15) is 0 Å². The third kappa shape index (κ3) is 1.68. The highest BCUT2D eigenvalue weighted by Crippen LogP contribution is 2.41. The van der Waals surface area contributed by atoms with E-state index in [1.807, 2.05) is 29.2 Å². The van der Waals surface area contributed by atoms with Gasteiger partial charge in [-0.3, -0.25) is 4.79 Å². The van der Waals surface area contributed by atoms with Crippen LogP contribution in [-0.2, 0) is 4.79 Å². The summed E-state index contributed by atoms with van der Waals surface area (Å²) >= 11 is 0. The molecule has 0 saturated heterocycles. The number of nitrogens with zero attached hydrogens (tertiary/aromatic N) is 2. The largest absolute Gasteiger partial charge is 0.411 e. The molecule has 0 bridgehead atoms. The fourth-order valence-electron chi connectivity index (χ4n) is 2.62. The molecule has 1 aromatic carbocycles. The van der Waals surface area contributed by atoms with Gasteiger partial charge in [0.05, 0.1) is 11.4 Å². The van der Waals surface area contributed by atoms with Gasteiger partial charge in [0.25, 0.3) is 0 Å². The van der Waals surface area contributed by atoms with E-state index in [1.165, 1.54) is 0 Å². The van der Waals surface area contributed by atoms with Crippen LogP contribution in [0.1, 0.15) is 25.3 Å². The first-order chi connectivity index (χ1) is 8.72. The Morgan fingerprint density at radius 3 is 2.83 bits per heavy atom. The Bertz CT molecular complexity index is 524. The lowest BCUT2D eigenvalue weighted by Crippen LogP contribution is -2.38. The second-order valence-corrected chi connectivity index (χ2v) is 5.12. The van der Waals surface area contributed by atoms with Crippen LogP contribution in [0.2, 0.25) is 0 Å². The molecule has 0 spiro atoms. The van der Waals surface area contributed by atoms with Crippen molar-refractivity contribution >= 4 is 17.3 Å². The number of carbonyl (C=O) groups excluding carboxylic acids is 1. The van der Waals surface area contributed by atoms with Crippen molar-refractivity contribution in [3.8, 4) is 0 Å². The normalized spacial score (nSPS) is 28.1. The van der Waals surface area contributed by atoms with E-state index in [0.29, 0.717) is 24.6 Å². The summed E-state index contributed by atoms with van der Waals surface area (Å²) in [5, 5.41) is 12.3. The lowest BCUT2D eigenvalue weighted by atomic mass is 9.99. The molecule has 4 heteroatoms. The zero-order chi connectivity index (χ0) is 12.7. The van der Waals surface area contributed by atoms with Crippen LogP contribution in [0.15, 0.2) is 29.4 Å². The molecule has 2 unspecified atom stereocenters. The quantitative estimate of drug-likeness (QED) is 0.608. The molecule has 0 aromatic heterocycles. The molecular weight excluding hydrogens is 228 g/mol. The average molecular weight is 244 g/mol. The van der Waals surface area contributed by atoms with Crippen LogP contribution in [0.4, 0.5) is 5.69 Å². The number of benzene rings is 1. The molecule has 2 atom stereocenters. The van der Waals surface area contributed by atoms with E-state index in [1.54, 1.807) is 0 Å². The predicted octanol–water partition coefficient (Wildman–Crippen LogP) is 2.26. The Morgan fingerprint density at radius 1 is 1.44 bits per heavy atom. The van der Waals surface area contributed by atoms with Crippen LogP contribution >= 0.6 is 0 Å². The highest BCUT2D eigenvalue weighted by Gasteiger charge is 2.43. The topological polar surface area (TPSA) is 52.9 Å². The molecule has 1 saturated carbocycles. The Hall–Kier alpha value is -1.84. The van der Waals surface area contributed by atoms with Crippen molar-refractivity contribution in [1.29, 1.82) is 0 Å². The second kappa shape index (κ2) is 4.12. The minimum atomic E-state index is 0.186. The van der Waals surface area contributed by atoms with Crippen LogP contribution in [0.5, 0.6) is 0 Å². The molecule has 94 valence electrons. The van der Waals surface area contributed by atoms with Gasteiger partial charge in [-0.25, -0.2) is 0 Å². The highest BCUT2D eigenvalue weighted by molar-refractivity contribution is 6.11. The number of hydrogen-bond donors (Lipinski definition) is 1. The number of rotatable bonds is 1. The fraction of sp³-hybridized carbons (Fsp3) is 0.429. The molecule has 1 fully saturated rings. The van der Waals surface area contributed by atoms with Gasteiger partial charge in [0.2, 0.25) is 5.91 Å². The maximum atomic E-state index is 12.4. The summed E-state index contributed by atoms with van der Waals surface area (Å²) in [6, 6.07) is 7.64. The number of oxime groups is 1. The Morgan fingerprint density at radius 2 is 2.17 bits per heavy atom. The van der Waals surface area contributed by atoms with Gasteiger partial charge in [0.15, 0.2) is 0 Å². The van der Waals surface area contributed by atoms with Gasteiger partial charge in [-0.15, -0.1) is 0 Å². The minimum Gasteiger partial charge on any atom is -0.411 e. The molecule has 18 heavy (non-hydrogen) atoms. The number of amides is 1. The van der Waals surface area contributed by atoms with Gasteiger partial charge < -0.3 is 10.1 Å². The molecule has 1 aromatic rings. The summed E-state index contributed by atoms with van der Waals surface area (Å²) in [6.07, 6.45) is 1.61. The summed E-state index contributed by atoms with van der Waals surface area (Å²) in [5.41, 5.74) is 2.41. The van der Waals surface area contributed by atoms with Crippen LogP contribution in [-0.4, -0.2) is 23.4 Å². The van der Waals surface area contributed by atoms with E-state index in [9.17, 15) is 4.79 Å². The van der Waals surface area contributed by atoms with Crippen molar-refractivity contribution in [2.24, 2.45) is 17.0 Å². The van der Waals surface area contributed by atoms with Crippen LogP contribution < -0.4 is 4.90 Å². The molecule has 3 rings (SSSR count). The predicted molar refractivity (Wildman–Crippen MR) is 69.0 cm³/mol. The molecule has 1 N–H and O–H groups in total. The van der Waals surface area contributed by atoms with E-state index in [-0.39, 0.29) is 11.8 Å². The Balaban J connectivity index is 1.97. The molecule has 1 amide bonds. The molecular formula is C14H16N2O2. The zero-order valence-corrected chi connectivity index (χ0v) is 10.3. The van der Waals surface area contributed by atoms with E-state index >= 15 is 0 Å². The fourth-order valence-corrected chi connectivity index (χ4v) is 2.62. The SMILES string of the molecule is CC1CC1C(=O)N1CCC(=NO)c2ccccc21. The van der Waals surface area contributed by atoms with Gasteiger partial charge in [-0.05, 0) is 18.4 Å². The first kappa shape index (κ1) is 11.3. The first-order valence-corrected chi connectivity index (χ1v) is 6.34. The number of para-hydroxylation sites is 1. The minimum absolute atomic E-state index is 0.186. The van der Waals surface area contributed by atoms with E-state index in [0.717, 1.165) is 17.7 Å². The van der Waals surface area contributed by atoms with Crippen molar-refractivity contribution < 1.29 is 10.0 Å². The van der Waals surface area contributed by atoms with Crippen LogP contribution in [0.3, 0.4) is 0 Å². The number of fused-ring (bicyclic) bond motifs is 1. The van der Waals surface area contributed by atoms with Crippen molar-refractivity contribution in [2.75, 3.05) is 11.4 Å². The van der Waals surface area contributed by atoms with Crippen molar-refractivity contribution in [1.82, 2.24) is 0 Å². The standard InChI is InChI=1S/C14H16N2O2/c1-9-8-11(9)14(17)16-7-6-12(15-18)10-4-2-3-5-13(10)16/h2-5,9,11,18H,6-8H2,1H3. The van der Waals surface area contributed by atoms with Gasteiger partial charge in [-0.2, -0.15) is 0 Å². The smallest absolute Gasteiger partial charge is 0.230 e. The summed E-state index contributed by atoms with van der Waals surface area (Å²) in [7, 11) is 0. The van der Waals surface area contributed by atoms with Crippen LogP contribution in [0, 0.1) is 11.8 Å². The Labute approximate surface area is 106 Å². The van der Waals surface area contributed by atoms with Gasteiger partial charge >= 0.3 is 0 Å². The highest BCUT2D eigenvalue weighted by atomic mass is 16.4. The monoisotopic (exact) mass is 244 g/mol. The van der Waals surface area contributed by atoms with Crippen molar-refractivity contribution in [3.63, 3.8) is 0 Å². The van der Waals surface area contributed by atoms with Gasteiger partial charge in [0, 0.05) is 24.4 Å². The first-order valence-electron chi connectivity index (χ1n) is 6.34. The summed E-state index contributed by atoms with van der Waals surface area (Å²) in [5.74, 6) is 0.912. The van der Waals surface area contributed by atoms with Crippen molar-refractivity contribution in [2.45, 2.75) is 19.8 Å². The summed E-state index contributed by atoms with van der Waals surface area (Å²) < 4.78 is 0. The lowest BCUT2D eigenvalue weighted by molar-refractivity contribution is -0.120. The Kier molecular flexibility index (Phi) is 2.58. The molecule has 1 heterocycles. The maximum absolute atomic E-state index is 12.4. The molecule has 1 aliphatic carbocycles. The van der Waals surface area contributed by atoms with Gasteiger partial charge in [-0.1, -0.05) is 30.3 Å². The van der Waals surface area contributed by atoms with Crippen LogP contribution in [0.25, 0.3) is 0 Å². The number of hydrogen-bond acceptors (Lipinski definition) is 3. The molecule has 1 aliphatic heterocycles. The third-order valence-electron chi connectivity index (χ3n) is 3.89. The molecule has 2 aliphatic rings. The maximum Gasteiger partial charge on any atom is 0.230 e. The second-order valence-electron chi connectivity index (χ2n) is 5.12. The summed E-state index contributed by atoms with van der Waals surface area (Å²) in [6.45, 7) is 2.72.